The molecule has 3 aromatic rings. The summed E-state index contributed by atoms with van der Waals surface area (Å²) in [6, 6.07) is 8.25. The van der Waals surface area contributed by atoms with Gasteiger partial charge in [0.15, 0.2) is 0 Å². The molecule has 232 valence electrons. The molecule has 2 aliphatic carbocycles. The van der Waals surface area contributed by atoms with E-state index in [-0.39, 0.29) is 49.7 Å². The van der Waals surface area contributed by atoms with Crippen molar-refractivity contribution < 1.29 is 36.6 Å². The third kappa shape index (κ3) is 7.34. The lowest BCUT2D eigenvalue weighted by Crippen LogP contribution is -2.60. The van der Waals surface area contributed by atoms with E-state index in [1.165, 1.54) is 16.9 Å². The number of carbonyl (C=O) groups excluding carboxylic acids is 2. The summed E-state index contributed by atoms with van der Waals surface area (Å²) in [6.45, 7) is 4.98. The Labute approximate surface area is 245 Å². The second-order valence-corrected chi connectivity index (χ2v) is 12.3. The number of alkyl halides is 4. The number of nitrogens with zero attached hydrogens (tertiary/aromatic N) is 4. The molecule has 0 spiro atoms. The normalized spacial score (nSPS) is 20.1. The van der Waals surface area contributed by atoms with Crippen LogP contribution in [0.2, 0.25) is 0 Å². The molecule has 2 saturated carbocycles. The van der Waals surface area contributed by atoms with E-state index in [9.17, 15) is 27.2 Å². The summed E-state index contributed by atoms with van der Waals surface area (Å²) >= 11 is 0. The Hall–Kier alpha value is -3.97. The molecule has 2 amide bonds. The van der Waals surface area contributed by atoms with Crippen LogP contribution >= 0.6 is 0 Å². The Morgan fingerprint density at radius 1 is 1.02 bits per heavy atom. The second-order valence-electron chi connectivity index (χ2n) is 12.3. The number of nitrogens with one attached hydrogen (secondary N) is 2. The van der Waals surface area contributed by atoms with Crippen LogP contribution in [0.25, 0.3) is 5.78 Å². The first-order valence-corrected chi connectivity index (χ1v) is 14.1. The van der Waals surface area contributed by atoms with Crippen LogP contribution in [-0.4, -0.2) is 49.2 Å². The van der Waals surface area contributed by atoms with Crippen molar-refractivity contribution in [3.05, 3.63) is 59.7 Å². The standard InChI is InChI=1S/C29H34F4N6O4/c1-26(2,3)43-25(41)38-27(16-29(32,33)17-27)21-13-34-39-14-20(35-23(39)36-21)22(19-9-11-28(30,31)12-10-19)37-24(40)42-15-18-7-5-4-6-8-18/h4-8,13-14,19,22H,9-12,15-17H2,1-3H3,(H,37,40)(H,38,41)/t22-/m0/s1. The largest absolute Gasteiger partial charge is 0.445 e. The molecule has 0 unspecified atom stereocenters. The number of carbonyl (C=O) groups is 2. The molecule has 0 aliphatic heterocycles. The zero-order valence-corrected chi connectivity index (χ0v) is 24.1. The van der Waals surface area contributed by atoms with Crippen LogP contribution in [-0.2, 0) is 21.6 Å². The molecular formula is C29H34F4N6O4. The van der Waals surface area contributed by atoms with E-state index in [0.717, 1.165) is 5.56 Å². The summed E-state index contributed by atoms with van der Waals surface area (Å²) < 4.78 is 68.1. The smallest absolute Gasteiger partial charge is 0.408 e. The number of hydrogen-bond acceptors (Lipinski definition) is 7. The Balaban J connectivity index is 1.40. The van der Waals surface area contributed by atoms with E-state index in [0.29, 0.717) is 5.69 Å². The molecule has 14 heteroatoms. The lowest BCUT2D eigenvalue weighted by Gasteiger charge is -2.46. The molecule has 2 aliphatic rings. The van der Waals surface area contributed by atoms with Crippen molar-refractivity contribution in [3.63, 3.8) is 0 Å². The minimum Gasteiger partial charge on any atom is -0.445 e. The van der Waals surface area contributed by atoms with Gasteiger partial charge in [-0.1, -0.05) is 30.3 Å². The maximum Gasteiger partial charge on any atom is 0.408 e. The average molecular weight is 607 g/mol. The van der Waals surface area contributed by atoms with Crippen LogP contribution in [0.5, 0.6) is 0 Å². The topological polar surface area (TPSA) is 120 Å². The fraction of sp³-hybridized carbons (Fsp3) is 0.552. The van der Waals surface area contributed by atoms with E-state index in [1.807, 2.05) is 18.2 Å². The van der Waals surface area contributed by atoms with E-state index in [4.69, 9.17) is 9.47 Å². The van der Waals surface area contributed by atoms with Crippen LogP contribution in [0, 0.1) is 5.92 Å². The molecule has 1 aromatic carbocycles. The molecule has 2 fully saturated rings. The number of benzene rings is 1. The number of aromatic nitrogens is 4. The lowest BCUT2D eigenvalue weighted by molar-refractivity contribution is -0.137. The van der Waals surface area contributed by atoms with E-state index in [1.54, 1.807) is 32.9 Å². The van der Waals surface area contributed by atoms with Crippen LogP contribution in [0.15, 0.2) is 42.7 Å². The Morgan fingerprint density at radius 2 is 1.70 bits per heavy atom. The van der Waals surface area contributed by atoms with Gasteiger partial charge in [0.2, 0.25) is 5.92 Å². The monoisotopic (exact) mass is 606 g/mol. The zero-order valence-electron chi connectivity index (χ0n) is 24.1. The van der Waals surface area contributed by atoms with E-state index < -0.39 is 54.1 Å². The molecule has 43 heavy (non-hydrogen) atoms. The van der Waals surface area contributed by atoms with Crippen molar-refractivity contribution in [1.29, 1.82) is 0 Å². The van der Waals surface area contributed by atoms with Gasteiger partial charge in [0.25, 0.3) is 11.7 Å². The predicted molar refractivity (Wildman–Crippen MR) is 145 cm³/mol. The third-order valence-corrected chi connectivity index (χ3v) is 7.60. The summed E-state index contributed by atoms with van der Waals surface area (Å²) in [6.07, 6.45) is -0.665. The van der Waals surface area contributed by atoms with Gasteiger partial charge in [0.1, 0.15) is 12.2 Å². The summed E-state index contributed by atoms with van der Waals surface area (Å²) in [4.78, 5) is 34.3. The van der Waals surface area contributed by atoms with Crippen molar-refractivity contribution >= 4 is 18.0 Å². The number of ether oxygens (including phenoxy) is 2. The summed E-state index contributed by atoms with van der Waals surface area (Å²) in [5.41, 5.74) is -1.23. The van der Waals surface area contributed by atoms with Gasteiger partial charge in [-0.2, -0.15) is 5.10 Å². The summed E-state index contributed by atoms with van der Waals surface area (Å²) in [5.74, 6) is -6.16. The zero-order chi connectivity index (χ0) is 31.0. The van der Waals surface area contributed by atoms with E-state index >= 15 is 0 Å². The first-order valence-electron chi connectivity index (χ1n) is 14.1. The van der Waals surface area contributed by atoms with Crippen molar-refractivity contribution in [3.8, 4) is 0 Å². The van der Waals surface area contributed by atoms with Crippen LogP contribution in [0.3, 0.4) is 0 Å². The van der Waals surface area contributed by atoms with Crippen molar-refractivity contribution in [2.75, 3.05) is 0 Å². The quantitative estimate of drug-likeness (QED) is 0.314. The van der Waals surface area contributed by atoms with Gasteiger partial charge < -0.3 is 20.1 Å². The Kier molecular flexibility index (Phi) is 7.99. The van der Waals surface area contributed by atoms with Gasteiger partial charge in [-0.05, 0) is 45.1 Å². The molecule has 0 radical (unpaired) electrons. The van der Waals surface area contributed by atoms with Crippen molar-refractivity contribution in [2.45, 2.75) is 94.9 Å². The van der Waals surface area contributed by atoms with Gasteiger partial charge in [-0.25, -0.2) is 41.6 Å². The number of fused-ring (bicyclic) bond motifs is 1. The molecule has 2 heterocycles. The predicted octanol–water partition coefficient (Wildman–Crippen LogP) is 6.07. The maximum absolute atomic E-state index is 14.1. The highest BCUT2D eigenvalue weighted by Crippen LogP contribution is 2.51. The van der Waals surface area contributed by atoms with Gasteiger partial charge in [0.05, 0.1) is 35.4 Å². The minimum absolute atomic E-state index is 0.0110. The average Bonchev–Trinajstić information content (AvgIpc) is 3.32. The number of amides is 2. The maximum atomic E-state index is 14.1. The fourth-order valence-corrected chi connectivity index (χ4v) is 5.56. The summed E-state index contributed by atoms with van der Waals surface area (Å²) in [5, 5.41) is 9.59. The number of halogens is 4. The molecular weight excluding hydrogens is 572 g/mol. The van der Waals surface area contributed by atoms with Gasteiger partial charge in [0, 0.05) is 25.7 Å². The lowest BCUT2D eigenvalue weighted by atomic mass is 9.71. The van der Waals surface area contributed by atoms with Crippen LogP contribution in [0.1, 0.15) is 82.3 Å². The van der Waals surface area contributed by atoms with Crippen LogP contribution < -0.4 is 10.6 Å². The Bertz CT molecular complexity index is 1460. The van der Waals surface area contributed by atoms with Gasteiger partial charge in [-0.3, -0.25) is 0 Å². The number of hydrogen-bond donors (Lipinski definition) is 2. The molecule has 2 aromatic heterocycles. The van der Waals surface area contributed by atoms with Crippen molar-refractivity contribution in [2.24, 2.45) is 5.92 Å². The molecule has 2 N–H and O–H groups in total. The highest BCUT2D eigenvalue weighted by atomic mass is 19.3. The Morgan fingerprint density at radius 3 is 2.33 bits per heavy atom. The molecule has 5 rings (SSSR count). The molecule has 10 nitrogen and oxygen atoms in total. The van der Waals surface area contributed by atoms with Crippen molar-refractivity contribution in [1.82, 2.24) is 30.2 Å². The SMILES string of the molecule is CC(C)(C)OC(=O)NC1(c2cnn3cc([C@@H](NC(=O)OCc4ccccc4)C4CCC(F)(F)CC4)nc3n2)CC(F)(F)C1. The molecule has 0 bridgehead atoms. The number of rotatable bonds is 7. The summed E-state index contributed by atoms with van der Waals surface area (Å²) in [7, 11) is 0. The van der Waals surface area contributed by atoms with E-state index in [2.05, 4.69) is 25.7 Å². The first kappa shape index (κ1) is 30.5. The number of imidazole rings is 1. The molecule has 1 atom stereocenters. The van der Waals surface area contributed by atoms with Gasteiger partial charge >= 0.3 is 12.2 Å². The molecule has 0 saturated heterocycles. The highest BCUT2D eigenvalue weighted by molar-refractivity contribution is 5.69. The highest BCUT2D eigenvalue weighted by Gasteiger charge is 2.60. The third-order valence-electron chi connectivity index (χ3n) is 7.60. The van der Waals surface area contributed by atoms with Gasteiger partial charge in [-0.15, -0.1) is 0 Å². The first-order chi connectivity index (χ1) is 20.1. The second kappa shape index (κ2) is 11.3. The van der Waals surface area contributed by atoms with Crippen LogP contribution in [0.4, 0.5) is 27.2 Å². The number of alkyl carbamates (subject to hydrolysis) is 2. The fourth-order valence-electron chi connectivity index (χ4n) is 5.56. The minimum atomic E-state index is -3.03.